The lowest BCUT2D eigenvalue weighted by Crippen LogP contribution is -2.51. The summed E-state index contributed by atoms with van der Waals surface area (Å²) in [6.07, 6.45) is 3.28. The van der Waals surface area contributed by atoms with Crippen molar-refractivity contribution in [2.75, 3.05) is 13.1 Å². The van der Waals surface area contributed by atoms with Gasteiger partial charge in [-0.1, -0.05) is 0 Å². The number of guanidine groups is 1. The van der Waals surface area contributed by atoms with E-state index in [9.17, 15) is 4.79 Å². The summed E-state index contributed by atoms with van der Waals surface area (Å²) < 4.78 is 0. The molecule has 1 fully saturated rings. The average molecular weight is 423 g/mol. The van der Waals surface area contributed by atoms with Gasteiger partial charge in [0.05, 0.1) is 6.54 Å². The van der Waals surface area contributed by atoms with Gasteiger partial charge in [-0.05, 0) is 20.3 Å². The number of carbonyl (C=O) groups excluding carboxylic acids is 1. The first-order valence-electron chi connectivity index (χ1n) is 6.90. The molecular weight excluding hydrogens is 401 g/mol. The van der Waals surface area contributed by atoms with E-state index in [1.165, 1.54) is 4.88 Å². The van der Waals surface area contributed by atoms with Crippen LogP contribution in [0.25, 0.3) is 0 Å². The van der Waals surface area contributed by atoms with Gasteiger partial charge in [0.15, 0.2) is 5.96 Å². The molecule has 0 aromatic carbocycles. The minimum Gasteiger partial charge on any atom is -0.357 e. The fraction of sp³-hybridized carbons (Fsp3) is 0.615. The number of halogens is 1. The van der Waals surface area contributed by atoms with Crippen molar-refractivity contribution < 1.29 is 4.79 Å². The van der Waals surface area contributed by atoms with Gasteiger partial charge in [0, 0.05) is 36.6 Å². The molecule has 0 radical (unpaired) electrons. The van der Waals surface area contributed by atoms with Gasteiger partial charge in [-0.25, -0.2) is 9.98 Å². The standard InChI is InChI=1S/C13H21N5OS.HI/c1-3-14-13(17-8-12-16-6-9(2)20-12)18-10-4-5-11(19)15-7-10;/h6,10H,3-5,7-8H2,1-2H3,(H,15,19)(H2,14,17,18);1H. The Bertz CT molecular complexity index is 481. The lowest BCUT2D eigenvalue weighted by molar-refractivity contribution is -0.122. The second kappa shape index (κ2) is 9.19. The molecule has 2 heterocycles. The van der Waals surface area contributed by atoms with Crippen molar-refractivity contribution in [3.05, 3.63) is 16.1 Å². The van der Waals surface area contributed by atoms with E-state index in [4.69, 9.17) is 0 Å². The zero-order chi connectivity index (χ0) is 14.4. The van der Waals surface area contributed by atoms with E-state index < -0.39 is 0 Å². The van der Waals surface area contributed by atoms with E-state index in [0.29, 0.717) is 19.5 Å². The highest BCUT2D eigenvalue weighted by Crippen LogP contribution is 2.11. The summed E-state index contributed by atoms with van der Waals surface area (Å²) in [4.78, 5) is 21.2. The molecule has 6 nitrogen and oxygen atoms in total. The summed E-state index contributed by atoms with van der Waals surface area (Å²) in [5.74, 6) is 0.907. The van der Waals surface area contributed by atoms with Gasteiger partial charge in [0.2, 0.25) is 5.91 Å². The van der Waals surface area contributed by atoms with Gasteiger partial charge in [-0.3, -0.25) is 4.79 Å². The van der Waals surface area contributed by atoms with Gasteiger partial charge in [0.25, 0.3) is 0 Å². The van der Waals surface area contributed by atoms with Gasteiger partial charge in [-0.15, -0.1) is 35.3 Å². The summed E-state index contributed by atoms with van der Waals surface area (Å²) in [6, 6.07) is 0.239. The molecular formula is C13H22IN5OS. The maximum atomic E-state index is 11.1. The monoisotopic (exact) mass is 423 g/mol. The number of piperidine rings is 1. The lowest BCUT2D eigenvalue weighted by Gasteiger charge is -2.25. The summed E-state index contributed by atoms with van der Waals surface area (Å²) in [6.45, 7) is 6.11. The summed E-state index contributed by atoms with van der Waals surface area (Å²) in [5.41, 5.74) is 0. The molecule has 1 aromatic rings. The molecule has 0 spiro atoms. The Morgan fingerprint density at radius 2 is 2.43 bits per heavy atom. The van der Waals surface area contributed by atoms with Crippen molar-refractivity contribution in [1.82, 2.24) is 20.9 Å². The van der Waals surface area contributed by atoms with E-state index in [2.05, 4.69) is 25.9 Å². The summed E-state index contributed by atoms with van der Waals surface area (Å²) in [5, 5.41) is 10.4. The maximum absolute atomic E-state index is 11.1. The smallest absolute Gasteiger partial charge is 0.220 e. The van der Waals surface area contributed by atoms with Crippen molar-refractivity contribution >= 4 is 47.2 Å². The van der Waals surface area contributed by atoms with Crippen LogP contribution in [-0.2, 0) is 11.3 Å². The fourth-order valence-corrected chi connectivity index (χ4v) is 2.70. The third-order valence-corrected chi connectivity index (χ3v) is 3.89. The Balaban J connectivity index is 0.00000220. The zero-order valence-electron chi connectivity index (χ0n) is 12.3. The summed E-state index contributed by atoms with van der Waals surface area (Å²) >= 11 is 1.66. The molecule has 1 atom stereocenters. The van der Waals surface area contributed by atoms with E-state index in [0.717, 1.165) is 23.9 Å². The molecule has 1 unspecified atom stereocenters. The maximum Gasteiger partial charge on any atom is 0.220 e. The quantitative estimate of drug-likeness (QED) is 0.389. The van der Waals surface area contributed by atoms with Crippen LogP contribution in [-0.4, -0.2) is 36.0 Å². The predicted octanol–water partition coefficient (Wildman–Crippen LogP) is 1.40. The highest BCUT2D eigenvalue weighted by Gasteiger charge is 2.18. The van der Waals surface area contributed by atoms with Crippen LogP contribution in [0.3, 0.4) is 0 Å². The largest absolute Gasteiger partial charge is 0.357 e. The second-order valence-electron chi connectivity index (χ2n) is 4.74. The van der Waals surface area contributed by atoms with Crippen LogP contribution in [0.4, 0.5) is 0 Å². The van der Waals surface area contributed by atoms with Crippen LogP contribution >= 0.6 is 35.3 Å². The molecule has 1 aliphatic heterocycles. The van der Waals surface area contributed by atoms with Crippen molar-refractivity contribution in [1.29, 1.82) is 0 Å². The van der Waals surface area contributed by atoms with Gasteiger partial charge >= 0.3 is 0 Å². The number of nitrogens with one attached hydrogen (secondary N) is 3. The Hall–Kier alpha value is -0.900. The number of aromatic nitrogens is 1. The van der Waals surface area contributed by atoms with Crippen LogP contribution < -0.4 is 16.0 Å². The number of aliphatic imine (C=N–C) groups is 1. The van der Waals surface area contributed by atoms with Crippen molar-refractivity contribution in [3.63, 3.8) is 0 Å². The van der Waals surface area contributed by atoms with E-state index in [1.807, 2.05) is 20.0 Å². The van der Waals surface area contributed by atoms with Crippen LogP contribution in [0.1, 0.15) is 29.7 Å². The van der Waals surface area contributed by atoms with Crippen molar-refractivity contribution in [3.8, 4) is 0 Å². The van der Waals surface area contributed by atoms with Crippen molar-refractivity contribution in [2.45, 2.75) is 39.3 Å². The summed E-state index contributed by atoms with van der Waals surface area (Å²) in [7, 11) is 0. The number of rotatable bonds is 4. The predicted molar refractivity (Wildman–Crippen MR) is 96.2 cm³/mol. The number of nitrogens with zero attached hydrogens (tertiary/aromatic N) is 2. The van der Waals surface area contributed by atoms with Gasteiger partial charge < -0.3 is 16.0 Å². The topological polar surface area (TPSA) is 78.4 Å². The van der Waals surface area contributed by atoms with Gasteiger partial charge in [0.1, 0.15) is 5.01 Å². The number of carbonyl (C=O) groups is 1. The molecule has 118 valence electrons. The molecule has 1 aliphatic rings. The first-order chi connectivity index (χ1) is 9.67. The molecule has 2 rings (SSSR count). The second-order valence-corrected chi connectivity index (χ2v) is 6.06. The average Bonchev–Trinajstić information content (AvgIpc) is 2.85. The van der Waals surface area contributed by atoms with Gasteiger partial charge in [-0.2, -0.15) is 0 Å². The highest BCUT2D eigenvalue weighted by molar-refractivity contribution is 14.0. The van der Waals surface area contributed by atoms with Crippen LogP contribution in [0.5, 0.6) is 0 Å². The molecule has 1 amide bonds. The number of aryl methyl sites for hydroxylation is 1. The third kappa shape index (κ3) is 6.16. The number of hydrogen-bond donors (Lipinski definition) is 3. The Labute approximate surface area is 146 Å². The molecule has 8 heteroatoms. The molecule has 0 saturated carbocycles. The molecule has 3 N–H and O–H groups in total. The zero-order valence-corrected chi connectivity index (χ0v) is 15.5. The van der Waals surface area contributed by atoms with Crippen molar-refractivity contribution in [2.24, 2.45) is 4.99 Å². The van der Waals surface area contributed by atoms with E-state index in [1.54, 1.807) is 11.3 Å². The van der Waals surface area contributed by atoms with E-state index in [-0.39, 0.29) is 35.9 Å². The van der Waals surface area contributed by atoms with E-state index >= 15 is 0 Å². The normalized spacial score (nSPS) is 18.7. The Morgan fingerprint density at radius 1 is 1.62 bits per heavy atom. The number of thiazole rings is 1. The van der Waals surface area contributed by atoms with Crippen LogP contribution in [0.2, 0.25) is 0 Å². The number of hydrogen-bond acceptors (Lipinski definition) is 4. The molecule has 1 aromatic heterocycles. The molecule has 0 aliphatic carbocycles. The third-order valence-electron chi connectivity index (χ3n) is 2.99. The minimum atomic E-state index is 0. The Kier molecular flexibility index (Phi) is 7.94. The Morgan fingerprint density at radius 3 is 3.00 bits per heavy atom. The fourth-order valence-electron chi connectivity index (χ4n) is 1.99. The van der Waals surface area contributed by atoms with Crippen LogP contribution in [0.15, 0.2) is 11.2 Å². The molecule has 1 saturated heterocycles. The molecule has 0 bridgehead atoms. The minimum absolute atomic E-state index is 0. The lowest BCUT2D eigenvalue weighted by atomic mass is 10.1. The highest BCUT2D eigenvalue weighted by atomic mass is 127. The number of amides is 1. The first-order valence-corrected chi connectivity index (χ1v) is 7.72. The first kappa shape index (κ1) is 18.1. The molecule has 21 heavy (non-hydrogen) atoms. The SMILES string of the molecule is CCNC(=NCc1ncc(C)s1)NC1CCC(=O)NC1.I. The van der Waals surface area contributed by atoms with Crippen LogP contribution in [0, 0.1) is 6.92 Å².